The lowest BCUT2D eigenvalue weighted by molar-refractivity contribution is -0.140. The Morgan fingerprint density at radius 1 is 0.444 bits per heavy atom. The number of likely N-dealkylation sites (N-methyl/N-ethyl adjacent to an activating group) is 2. The summed E-state index contributed by atoms with van der Waals surface area (Å²) in [6, 6.07) is 26.7. The van der Waals surface area contributed by atoms with Crippen molar-refractivity contribution in [3.05, 3.63) is 154 Å². The zero-order valence-electron chi connectivity index (χ0n) is 84.7. The molecule has 8 aliphatic rings. The number of carboxylic acid groups (broad SMARTS) is 2. The molecule has 8 heterocycles. The van der Waals surface area contributed by atoms with Gasteiger partial charge in [0, 0.05) is 111 Å². The number of hydrogen-bond acceptors (Lipinski definition) is 26. The minimum Gasteiger partial charge on any atom is -0.480 e. The molecule has 5 aromatic carbocycles. The SMILES string of the molecule is BrCCBr.CC(C)(C)OC(=O)N1CCC2(CC1)C(=O)NC(=O)N2c1ccc(C(=O)O)cc1.COC(=O)c1ccc(N2C(=O)N(CCBr)C(=O)C23CCN(C(=O)OC(C)(C)C)CC3)cc1.COC(=O)c1ccc(N2C(=O)N(CCN(C)C)C(=O)C23CCN(C(=O)OC(C)(C)C)CC3)cc1.COC(=O)c1ccc(N2C(=O)N(CCN(C)C)C(=O)C23CCNCC3)cc1.Cc1ccc(F)c(C(=O)N[C@@H](C(=O)O)C(C)C)c1.Cl. The van der Waals surface area contributed by atoms with Gasteiger partial charge in [0.05, 0.1) is 49.1 Å². The molecule has 8 aliphatic heterocycles. The second kappa shape index (κ2) is 51.2. The van der Waals surface area contributed by atoms with Gasteiger partial charge in [0.1, 0.15) is 50.8 Å². The van der Waals surface area contributed by atoms with Crippen LogP contribution >= 0.6 is 60.2 Å². The number of carbonyl (C=O) groups excluding carboxylic acids is 15. The molecule has 5 N–H and O–H groups in total. The molecule has 144 heavy (non-hydrogen) atoms. The summed E-state index contributed by atoms with van der Waals surface area (Å²) in [5, 5.41) is 28.5. The molecule has 0 aliphatic carbocycles. The van der Waals surface area contributed by atoms with E-state index in [0.717, 1.165) is 16.2 Å². The number of hydrogen-bond donors (Lipinski definition) is 5. The number of nitrogens with zero attached hydrogens (tertiary/aromatic N) is 12. The Hall–Kier alpha value is -12.0. The first kappa shape index (κ1) is 119. The Bertz CT molecular complexity index is 5440. The van der Waals surface area contributed by atoms with Crippen molar-refractivity contribution < 1.29 is 125 Å². The van der Waals surface area contributed by atoms with Crippen molar-refractivity contribution in [2.45, 2.75) is 179 Å². The number of amides is 16. The van der Waals surface area contributed by atoms with Crippen LogP contribution in [0.1, 0.15) is 185 Å². The number of carbonyl (C=O) groups is 17. The first-order valence-electron chi connectivity index (χ1n) is 46.6. The zero-order valence-corrected chi connectivity index (χ0v) is 90.2. The average Bonchev–Trinajstić information content (AvgIpc) is 1.16. The molecule has 16 amide bonds. The first-order valence-corrected chi connectivity index (χ1v) is 49.9. The maximum Gasteiger partial charge on any atom is 0.410 e. The maximum absolute atomic E-state index is 13.7. The fourth-order valence-electron chi connectivity index (χ4n) is 17.1. The standard InChI is InChI=1S/C24H34N4O6.C22H28BrN3O6.C19H26N4O4.C19H23N3O6.C13H16FNO3.C2H4Br2.ClH/c1-23(2,3)34-22(32)26-13-11-24(12-14-26)20(30)27(16-15-25(4)5)21(31)28(24)18-9-7-17(8-10-18)19(29)33-6;1-21(2,3)32-20(30)24-12-9-22(10-13-24)18(28)25(14-11-23)19(29)26(22)16-7-5-15(6-8-16)17(27)31-4;1-21(2)12-13-22-17(25)19(8-10-20-11-9-19)23(18(22)26)15-6-4-14(5-7-15)16(24)27-3;1-18(2,3)28-17(27)21-10-8-19(9-11-21)15(25)20-16(26)22(19)13-6-4-12(5-7-13)14(23)24;1-7(2)11(13(17)18)15-12(16)9-6-8(3)4-5-10(9)14;3-1-2-4;/h7-10H,11-16H2,1-6H3;5-8H,9-14H2,1-4H3;4-7,20H,8-13H2,1-3H3;4-7H,8-11H2,1-3H3,(H,23,24)(H,20,25,26);4-7,11H,1-3H3,(H,15,16)(H,17,18);1-2H2;1H/t;;;;11-;;/m....1../s1. The number of benzene rings is 5. The molecule has 0 saturated carbocycles. The molecule has 0 bridgehead atoms. The number of halogens is 5. The van der Waals surface area contributed by atoms with Crippen molar-refractivity contribution >= 4 is 185 Å². The summed E-state index contributed by atoms with van der Waals surface area (Å²) in [5.41, 5.74) is -2.16. The van der Waals surface area contributed by atoms with E-state index < -0.39 is 129 Å². The molecule has 4 spiro atoms. The number of imide groups is 4. The van der Waals surface area contributed by atoms with E-state index in [-0.39, 0.29) is 144 Å². The summed E-state index contributed by atoms with van der Waals surface area (Å²) in [6.07, 6.45) is 1.46. The number of aromatic carboxylic acids is 1. The van der Waals surface area contributed by atoms with E-state index in [0.29, 0.717) is 90.3 Å². The van der Waals surface area contributed by atoms with E-state index in [4.69, 9.17) is 38.6 Å². The summed E-state index contributed by atoms with van der Waals surface area (Å²) in [7, 11) is 11.5. The Kier molecular flexibility index (Phi) is 42.3. The molecule has 788 valence electrons. The van der Waals surface area contributed by atoms with Crippen molar-refractivity contribution in [3.63, 3.8) is 0 Å². The van der Waals surface area contributed by atoms with Crippen molar-refractivity contribution in [1.29, 1.82) is 0 Å². The molecule has 8 saturated heterocycles. The zero-order chi connectivity index (χ0) is 107. The third-order valence-electron chi connectivity index (χ3n) is 24.4. The molecule has 13 rings (SSSR count). The molecule has 0 unspecified atom stereocenters. The highest BCUT2D eigenvalue weighted by Crippen LogP contribution is 2.46. The molecular formula is C99H132Br3ClFN15O25. The molecule has 0 radical (unpaired) electrons. The van der Waals surface area contributed by atoms with Gasteiger partial charge in [0.15, 0.2) is 0 Å². The van der Waals surface area contributed by atoms with E-state index in [1.165, 1.54) is 92.0 Å². The van der Waals surface area contributed by atoms with Crippen molar-refractivity contribution in [3.8, 4) is 0 Å². The number of piperidine rings is 4. The van der Waals surface area contributed by atoms with Gasteiger partial charge < -0.3 is 73.8 Å². The van der Waals surface area contributed by atoms with Crippen molar-refractivity contribution in [1.82, 2.24) is 55.1 Å². The summed E-state index contributed by atoms with van der Waals surface area (Å²) in [5.74, 6) is -6.35. The maximum atomic E-state index is 13.7. The summed E-state index contributed by atoms with van der Waals surface area (Å²) >= 11 is 9.71. The van der Waals surface area contributed by atoms with Crippen LogP contribution in [0.15, 0.2) is 115 Å². The number of nitrogens with one attached hydrogen (secondary N) is 3. The summed E-state index contributed by atoms with van der Waals surface area (Å²) in [6.45, 7) is 26.2. The number of alkyl halides is 3. The monoisotopic (exact) mass is 2220 g/mol. The van der Waals surface area contributed by atoms with Crippen LogP contribution in [0.5, 0.6) is 0 Å². The van der Waals surface area contributed by atoms with Gasteiger partial charge >= 0.3 is 72.3 Å². The minimum atomic E-state index is -1.13. The molecule has 40 nitrogen and oxygen atoms in total. The second-order valence-corrected chi connectivity index (χ2v) is 41.1. The van der Waals surface area contributed by atoms with Crippen LogP contribution in [-0.4, -0.2) is 347 Å². The minimum absolute atomic E-state index is 0. The van der Waals surface area contributed by atoms with Gasteiger partial charge in [-0.2, -0.15) is 0 Å². The highest BCUT2D eigenvalue weighted by Gasteiger charge is 2.63. The molecule has 8 fully saturated rings. The van der Waals surface area contributed by atoms with Gasteiger partial charge in [0.2, 0.25) is 0 Å². The third kappa shape index (κ3) is 28.8. The van der Waals surface area contributed by atoms with Crippen LogP contribution in [0.25, 0.3) is 0 Å². The second-order valence-electron chi connectivity index (χ2n) is 38.8. The van der Waals surface area contributed by atoms with E-state index in [1.54, 1.807) is 177 Å². The van der Waals surface area contributed by atoms with E-state index in [1.807, 2.05) is 38.0 Å². The number of ether oxygens (including phenoxy) is 6. The predicted molar refractivity (Wildman–Crippen MR) is 546 cm³/mol. The largest absolute Gasteiger partial charge is 0.480 e. The van der Waals surface area contributed by atoms with Crippen LogP contribution in [0, 0.1) is 18.7 Å². The average molecular weight is 2230 g/mol. The van der Waals surface area contributed by atoms with Gasteiger partial charge in [-0.15, -0.1) is 12.4 Å². The molecule has 1 atom stereocenters. The summed E-state index contributed by atoms with van der Waals surface area (Å²) in [4.78, 5) is 230. The Balaban J connectivity index is 0.000000244. The lowest BCUT2D eigenvalue weighted by Crippen LogP contribution is -2.58. The van der Waals surface area contributed by atoms with Gasteiger partial charge in [-0.25, -0.2) is 61.9 Å². The van der Waals surface area contributed by atoms with Crippen LogP contribution < -0.4 is 35.6 Å². The van der Waals surface area contributed by atoms with Crippen molar-refractivity contribution in [2.24, 2.45) is 5.92 Å². The van der Waals surface area contributed by atoms with E-state index in [2.05, 4.69) is 63.7 Å². The van der Waals surface area contributed by atoms with Crippen LogP contribution in [0.2, 0.25) is 0 Å². The van der Waals surface area contributed by atoms with Crippen LogP contribution in [0.4, 0.5) is 60.7 Å². The number of carboxylic acids is 2. The van der Waals surface area contributed by atoms with E-state index in [9.17, 15) is 85.9 Å². The fourth-order valence-corrected chi connectivity index (χ4v) is 17.5. The number of aryl methyl sites for hydroxylation is 1. The molecular weight excluding hydrogens is 2090 g/mol. The van der Waals surface area contributed by atoms with Crippen LogP contribution in [-0.2, 0) is 52.4 Å². The number of methoxy groups -OCH3 is 3. The van der Waals surface area contributed by atoms with Gasteiger partial charge in [-0.05, 0) is 277 Å². The fraction of sp³-hybridized carbons (Fsp3) is 0.525. The predicted octanol–water partition coefficient (Wildman–Crippen LogP) is 13.3. The topological polar surface area (TPSA) is 461 Å². The quantitative estimate of drug-likeness (QED) is 0.0197. The number of rotatable bonds is 21. The molecule has 45 heteroatoms. The third-order valence-corrected chi connectivity index (χ3v) is 26.6. The molecule has 0 aromatic heterocycles. The van der Waals surface area contributed by atoms with Gasteiger partial charge in [-0.3, -0.25) is 63.6 Å². The lowest BCUT2D eigenvalue weighted by atomic mass is 9.85. The Labute approximate surface area is 869 Å². The van der Waals surface area contributed by atoms with Crippen molar-refractivity contribution in [2.75, 3.05) is 170 Å². The Morgan fingerprint density at radius 3 is 1.03 bits per heavy atom. The van der Waals surface area contributed by atoms with E-state index >= 15 is 0 Å². The number of esters is 3. The smallest absolute Gasteiger partial charge is 0.410 e. The van der Waals surface area contributed by atoms with Gasteiger partial charge in [0.25, 0.3) is 29.5 Å². The Morgan fingerprint density at radius 2 is 0.750 bits per heavy atom. The number of likely N-dealkylation sites (tertiary alicyclic amines) is 3. The number of urea groups is 4. The lowest BCUT2D eigenvalue weighted by Gasteiger charge is -2.42. The highest BCUT2D eigenvalue weighted by atomic mass is 79.9. The normalized spacial score (nSPS) is 17.4. The summed E-state index contributed by atoms with van der Waals surface area (Å²) < 4.78 is 44.0. The number of aliphatic carboxylic acids is 1. The molecule has 5 aromatic rings. The first-order chi connectivity index (χ1) is 67.1. The van der Waals surface area contributed by atoms with Gasteiger partial charge in [-0.1, -0.05) is 73.3 Å². The number of anilines is 4. The highest BCUT2D eigenvalue weighted by molar-refractivity contribution is 9.12. The van der Waals surface area contributed by atoms with Crippen LogP contribution in [0.3, 0.4) is 0 Å².